The Hall–Kier alpha value is -0.0800. The minimum atomic E-state index is -0.122. The second-order valence-corrected chi connectivity index (χ2v) is 3.94. The van der Waals surface area contributed by atoms with Crippen LogP contribution in [0.1, 0.15) is 12.8 Å². The van der Waals surface area contributed by atoms with E-state index in [0.717, 1.165) is 18.4 Å². The Balaban J connectivity index is 2.00. The van der Waals surface area contributed by atoms with Crippen molar-refractivity contribution < 1.29 is 9.84 Å². The molecule has 1 aliphatic heterocycles. The number of hydrogen-bond acceptors (Lipinski definition) is 2. The fourth-order valence-electron chi connectivity index (χ4n) is 3.05. The predicted molar refractivity (Wildman–Crippen MR) is 35.5 cm³/mol. The van der Waals surface area contributed by atoms with Crippen molar-refractivity contribution in [2.45, 2.75) is 25.0 Å². The van der Waals surface area contributed by atoms with Gasteiger partial charge in [-0.05, 0) is 30.6 Å². The maximum atomic E-state index is 9.58. The third-order valence-corrected chi connectivity index (χ3v) is 3.53. The zero-order valence-corrected chi connectivity index (χ0v) is 5.86. The molecular weight excluding hydrogens is 128 g/mol. The molecule has 1 saturated heterocycles. The average molecular weight is 140 g/mol. The lowest BCUT2D eigenvalue weighted by Crippen LogP contribution is -2.31. The highest BCUT2D eigenvalue weighted by atomic mass is 16.5. The molecule has 10 heavy (non-hydrogen) atoms. The van der Waals surface area contributed by atoms with Crippen LogP contribution >= 0.6 is 0 Å². The first-order valence-electron chi connectivity index (χ1n) is 4.16. The third kappa shape index (κ3) is 0.453. The average Bonchev–Trinajstić information content (AvgIpc) is 2.43. The van der Waals surface area contributed by atoms with Crippen LogP contribution in [-0.4, -0.2) is 23.9 Å². The molecule has 2 saturated carbocycles. The van der Waals surface area contributed by atoms with Crippen LogP contribution in [0.4, 0.5) is 0 Å². The van der Waals surface area contributed by atoms with E-state index < -0.39 is 0 Å². The Morgan fingerprint density at radius 1 is 1.20 bits per heavy atom. The lowest BCUT2D eigenvalue weighted by atomic mass is 9.89. The fraction of sp³-hybridized carbons (Fsp3) is 1.00. The van der Waals surface area contributed by atoms with Gasteiger partial charge in [-0.25, -0.2) is 0 Å². The number of ether oxygens (including phenoxy) is 1. The maximum Gasteiger partial charge on any atom is 0.0868 e. The van der Waals surface area contributed by atoms with E-state index in [9.17, 15) is 5.11 Å². The van der Waals surface area contributed by atoms with Gasteiger partial charge in [-0.1, -0.05) is 0 Å². The molecular formula is C8H12O2. The summed E-state index contributed by atoms with van der Waals surface area (Å²) in [5.74, 6) is 2.11. The lowest BCUT2D eigenvalue weighted by Gasteiger charge is -2.21. The Labute approximate surface area is 60.2 Å². The van der Waals surface area contributed by atoms with E-state index in [1.54, 1.807) is 0 Å². The molecule has 3 fully saturated rings. The zero-order valence-electron chi connectivity index (χ0n) is 5.86. The summed E-state index contributed by atoms with van der Waals surface area (Å²) < 4.78 is 5.49. The van der Waals surface area contributed by atoms with Gasteiger partial charge in [0.15, 0.2) is 0 Å². The molecule has 0 aromatic rings. The van der Waals surface area contributed by atoms with E-state index in [-0.39, 0.29) is 12.2 Å². The van der Waals surface area contributed by atoms with E-state index in [1.807, 2.05) is 0 Å². The first-order valence-corrected chi connectivity index (χ1v) is 4.16. The standard InChI is InChI=1S/C8H12O2/c9-7-4-1-5-3-10-8(7)6(5)2-4/h4-9H,1-3H2. The molecule has 0 amide bonds. The highest BCUT2D eigenvalue weighted by Gasteiger charge is 2.56. The molecule has 5 unspecified atom stereocenters. The largest absolute Gasteiger partial charge is 0.390 e. The molecule has 0 radical (unpaired) electrons. The summed E-state index contributed by atoms with van der Waals surface area (Å²) in [7, 11) is 0. The van der Waals surface area contributed by atoms with E-state index in [0.29, 0.717) is 5.92 Å². The Bertz CT molecular complexity index is 167. The number of hydrogen-bond donors (Lipinski definition) is 1. The summed E-state index contributed by atoms with van der Waals surface area (Å²) in [6.07, 6.45) is 2.56. The third-order valence-electron chi connectivity index (χ3n) is 3.53. The van der Waals surface area contributed by atoms with Crippen molar-refractivity contribution in [3.05, 3.63) is 0 Å². The van der Waals surface area contributed by atoms with Gasteiger partial charge >= 0.3 is 0 Å². The summed E-state index contributed by atoms with van der Waals surface area (Å²) in [6, 6.07) is 0. The van der Waals surface area contributed by atoms with Gasteiger partial charge in [-0.15, -0.1) is 0 Å². The summed E-state index contributed by atoms with van der Waals surface area (Å²) in [4.78, 5) is 0. The van der Waals surface area contributed by atoms with Crippen molar-refractivity contribution in [1.82, 2.24) is 0 Å². The molecule has 1 heterocycles. The molecule has 0 spiro atoms. The van der Waals surface area contributed by atoms with Crippen molar-refractivity contribution in [2.75, 3.05) is 6.61 Å². The number of fused-ring (bicyclic) bond motifs is 1. The maximum absolute atomic E-state index is 9.58. The van der Waals surface area contributed by atoms with Gasteiger partial charge in [0.25, 0.3) is 0 Å². The zero-order chi connectivity index (χ0) is 6.72. The summed E-state index contributed by atoms with van der Waals surface area (Å²) in [6.45, 7) is 0.920. The van der Waals surface area contributed by atoms with Crippen LogP contribution in [0, 0.1) is 17.8 Å². The van der Waals surface area contributed by atoms with Crippen LogP contribution in [0.25, 0.3) is 0 Å². The molecule has 3 rings (SSSR count). The first-order chi connectivity index (χ1) is 4.86. The van der Waals surface area contributed by atoms with Crippen molar-refractivity contribution in [3.8, 4) is 0 Å². The molecule has 2 aliphatic carbocycles. The van der Waals surface area contributed by atoms with Gasteiger partial charge in [0.2, 0.25) is 0 Å². The molecule has 2 bridgehead atoms. The normalized spacial score (nSPS) is 63.9. The highest BCUT2D eigenvalue weighted by molar-refractivity contribution is 5.05. The monoisotopic (exact) mass is 140 g/mol. The number of aliphatic hydroxyl groups excluding tert-OH is 1. The molecule has 56 valence electrons. The van der Waals surface area contributed by atoms with Crippen molar-refractivity contribution in [3.63, 3.8) is 0 Å². The molecule has 1 N–H and O–H groups in total. The molecule has 0 aromatic heterocycles. The fourth-order valence-corrected chi connectivity index (χ4v) is 3.05. The van der Waals surface area contributed by atoms with Crippen molar-refractivity contribution in [1.29, 1.82) is 0 Å². The van der Waals surface area contributed by atoms with E-state index in [1.165, 1.54) is 12.8 Å². The number of aliphatic hydroxyl groups is 1. The lowest BCUT2D eigenvalue weighted by molar-refractivity contribution is -0.00819. The van der Waals surface area contributed by atoms with Gasteiger partial charge < -0.3 is 9.84 Å². The van der Waals surface area contributed by atoms with E-state index >= 15 is 0 Å². The summed E-state index contributed by atoms with van der Waals surface area (Å²) in [5.41, 5.74) is 0. The Morgan fingerprint density at radius 3 is 2.80 bits per heavy atom. The predicted octanol–water partition coefficient (Wildman–Crippen LogP) is 0.402. The SMILES string of the molecule is OC1C2CC3COC1C3C2. The van der Waals surface area contributed by atoms with Gasteiger partial charge in [-0.3, -0.25) is 0 Å². The quantitative estimate of drug-likeness (QED) is 0.528. The minimum absolute atomic E-state index is 0.122. The van der Waals surface area contributed by atoms with Crippen LogP contribution in [-0.2, 0) is 4.74 Å². The topological polar surface area (TPSA) is 29.5 Å². The molecule has 2 nitrogen and oxygen atoms in total. The van der Waals surface area contributed by atoms with Gasteiger partial charge in [0.1, 0.15) is 0 Å². The van der Waals surface area contributed by atoms with E-state index in [4.69, 9.17) is 4.74 Å². The van der Waals surface area contributed by atoms with Crippen molar-refractivity contribution in [2.24, 2.45) is 17.8 Å². The molecule has 3 aliphatic rings. The molecule has 5 atom stereocenters. The van der Waals surface area contributed by atoms with E-state index in [2.05, 4.69) is 0 Å². The van der Waals surface area contributed by atoms with Crippen LogP contribution < -0.4 is 0 Å². The van der Waals surface area contributed by atoms with Gasteiger partial charge in [-0.2, -0.15) is 0 Å². The summed E-state index contributed by atoms with van der Waals surface area (Å²) in [5, 5.41) is 9.58. The first kappa shape index (κ1) is 5.56. The molecule has 2 heteroatoms. The van der Waals surface area contributed by atoms with Crippen LogP contribution in [0.5, 0.6) is 0 Å². The molecule has 0 aromatic carbocycles. The van der Waals surface area contributed by atoms with Crippen LogP contribution in [0.15, 0.2) is 0 Å². The Morgan fingerprint density at radius 2 is 2.10 bits per heavy atom. The summed E-state index contributed by atoms with van der Waals surface area (Å²) >= 11 is 0. The van der Waals surface area contributed by atoms with Crippen molar-refractivity contribution >= 4 is 0 Å². The minimum Gasteiger partial charge on any atom is -0.390 e. The second kappa shape index (κ2) is 1.56. The second-order valence-electron chi connectivity index (χ2n) is 3.94. The number of rotatable bonds is 0. The van der Waals surface area contributed by atoms with Gasteiger partial charge in [0.05, 0.1) is 18.8 Å². The highest BCUT2D eigenvalue weighted by Crippen LogP contribution is 2.53. The van der Waals surface area contributed by atoms with Crippen LogP contribution in [0.2, 0.25) is 0 Å². The Kier molecular flexibility index (Phi) is 0.868. The van der Waals surface area contributed by atoms with Gasteiger partial charge in [0, 0.05) is 0 Å². The van der Waals surface area contributed by atoms with Crippen LogP contribution in [0.3, 0.4) is 0 Å². The smallest absolute Gasteiger partial charge is 0.0868 e.